The molecule has 0 saturated heterocycles. The van der Waals surface area contributed by atoms with Crippen LogP contribution in [0.1, 0.15) is 11.1 Å². The summed E-state index contributed by atoms with van der Waals surface area (Å²) in [6.45, 7) is 0. The van der Waals surface area contributed by atoms with Crippen molar-refractivity contribution in [3.05, 3.63) is 59.4 Å². The highest BCUT2D eigenvalue weighted by atomic mass is 19.4. The molecule has 2 rings (SSSR count). The highest BCUT2D eigenvalue weighted by Crippen LogP contribution is 2.34. The Kier molecular flexibility index (Phi) is 3.30. The summed E-state index contributed by atoms with van der Waals surface area (Å²) in [6.07, 6.45) is 0.514. The van der Waals surface area contributed by atoms with Gasteiger partial charge in [-0.05, 0) is 35.4 Å². The molecule has 0 heterocycles. The van der Waals surface area contributed by atoms with Crippen molar-refractivity contribution in [2.24, 2.45) is 0 Å². The summed E-state index contributed by atoms with van der Waals surface area (Å²) in [4.78, 5) is 0. The van der Waals surface area contributed by atoms with Crippen molar-refractivity contribution in [3.63, 3.8) is 0 Å². The zero-order chi connectivity index (χ0) is 14.0. The second-order valence-corrected chi connectivity index (χ2v) is 3.91. The van der Waals surface area contributed by atoms with Gasteiger partial charge >= 0.3 is 6.18 Å². The number of hydrogen-bond acceptors (Lipinski definition) is 0. The lowest BCUT2D eigenvalue weighted by Gasteiger charge is -2.11. The van der Waals surface area contributed by atoms with E-state index >= 15 is 0 Å². The predicted octanol–water partition coefficient (Wildman–Crippen LogP) is 4.49. The Bertz CT molecular complexity index is 648. The van der Waals surface area contributed by atoms with Crippen molar-refractivity contribution in [2.75, 3.05) is 0 Å². The van der Waals surface area contributed by atoms with Gasteiger partial charge in [-0.3, -0.25) is 0 Å². The van der Waals surface area contributed by atoms with Gasteiger partial charge in [0, 0.05) is 5.56 Å². The number of hydrogen-bond donors (Lipinski definition) is 0. The average molecular weight is 264 g/mol. The van der Waals surface area contributed by atoms with Crippen LogP contribution < -0.4 is 0 Å². The van der Waals surface area contributed by atoms with E-state index in [2.05, 4.69) is 0 Å². The van der Waals surface area contributed by atoms with E-state index in [1.165, 1.54) is 36.4 Å². The summed E-state index contributed by atoms with van der Waals surface area (Å²) in [6, 6.07) is 8.96. The molecule has 0 aliphatic heterocycles. The monoisotopic (exact) mass is 264 g/mol. The first kappa shape index (κ1) is 13.2. The molecule has 0 atom stereocenters. The van der Waals surface area contributed by atoms with E-state index in [-0.39, 0.29) is 11.1 Å². The molecule has 0 aliphatic carbocycles. The van der Waals surface area contributed by atoms with Crippen molar-refractivity contribution >= 4 is 0 Å². The van der Waals surface area contributed by atoms with Crippen molar-refractivity contribution < 1.29 is 17.6 Å². The Morgan fingerprint density at radius 2 is 1.63 bits per heavy atom. The first-order valence-corrected chi connectivity index (χ1v) is 5.35. The summed E-state index contributed by atoms with van der Waals surface area (Å²) >= 11 is 0. The van der Waals surface area contributed by atoms with Gasteiger partial charge in [0.15, 0.2) is 0 Å². The van der Waals surface area contributed by atoms with E-state index in [4.69, 9.17) is 6.42 Å². The number of halogens is 4. The Morgan fingerprint density at radius 3 is 2.21 bits per heavy atom. The van der Waals surface area contributed by atoms with Gasteiger partial charge in [0.25, 0.3) is 0 Å². The van der Waals surface area contributed by atoms with Gasteiger partial charge in [-0.2, -0.15) is 13.2 Å². The fourth-order valence-corrected chi connectivity index (χ4v) is 1.75. The lowest BCUT2D eigenvalue weighted by atomic mass is 9.99. The number of terminal acetylenes is 1. The van der Waals surface area contributed by atoms with Crippen LogP contribution in [0.3, 0.4) is 0 Å². The molecule has 2 aromatic carbocycles. The molecule has 0 spiro atoms. The maximum Gasteiger partial charge on any atom is 0.417 e. The number of alkyl halides is 3. The lowest BCUT2D eigenvalue weighted by Crippen LogP contribution is -2.07. The topological polar surface area (TPSA) is 0 Å². The number of rotatable bonds is 1. The molecule has 0 amide bonds. The first-order chi connectivity index (χ1) is 8.91. The zero-order valence-electron chi connectivity index (χ0n) is 9.63. The smallest absolute Gasteiger partial charge is 0.207 e. The van der Waals surface area contributed by atoms with Crippen LogP contribution in [0.2, 0.25) is 0 Å². The molecule has 0 aliphatic rings. The molecule has 96 valence electrons. The standard InChI is InChI=1S/C15H8F4/c1-2-10-6-7-12(9-14(10)15(17,18)19)11-4-3-5-13(16)8-11/h1,3-9H. The van der Waals surface area contributed by atoms with E-state index in [1.807, 2.05) is 5.92 Å². The Morgan fingerprint density at radius 1 is 0.947 bits per heavy atom. The summed E-state index contributed by atoms with van der Waals surface area (Å²) in [5.74, 6) is 1.49. The van der Waals surface area contributed by atoms with Gasteiger partial charge < -0.3 is 0 Å². The molecular formula is C15H8F4. The van der Waals surface area contributed by atoms with Gasteiger partial charge in [0.2, 0.25) is 0 Å². The predicted molar refractivity (Wildman–Crippen MR) is 64.8 cm³/mol. The van der Waals surface area contributed by atoms with Crippen LogP contribution in [-0.2, 0) is 6.18 Å². The van der Waals surface area contributed by atoms with Crippen molar-refractivity contribution in [1.29, 1.82) is 0 Å². The maximum atomic E-state index is 13.1. The minimum Gasteiger partial charge on any atom is -0.207 e. The summed E-state index contributed by atoms with van der Waals surface area (Å²) in [5.41, 5.74) is -0.482. The third-order valence-electron chi connectivity index (χ3n) is 2.64. The second kappa shape index (κ2) is 4.77. The second-order valence-electron chi connectivity index (χ2n) is 3.91. The summed E-state index contributed by atoms with van der Waals surface area (Å²) in [5, 5.41) is 0. The van der Waals surface area contributed by atoms with Crippen molar-refractivity contribution in [3.8, 4) is 23.5 Å². The Balaban J connectivity index is 2.59. The SMILES string of the molecule is C#Cc1ccc(-c2cccc(F)c2)cc1C(F)(F)F. The molecular weight excluding hydrogens is 256 g/mol. The summed E-state index contributed by atoms with van der Waals surface area (Å²) < 4.78 is 51.6. The molecule has 19 heavy (non-hydrogen) atoms. The minimum absolute atomic E-state index is 0.229. The molecule has 0 saturated carbocycles. The highest BCUT2D eigenvalue weighted by Gasteiger charge is 2.33. The highest BCUT2D eigenvalue weighted by molar-refractivity contribution is 5.66. The van der Waals surface area contributed by atoms with Gasteiger partial charge in [-0.15, -0.1) is 6.42 Å². The Labute approximate surface area is 107 Å². The number of benzene rings is 2. The third kappa shape index (κ3) is 2.76. The minimum atomic E-state index is -4.54. The van der Waals surface area contributed by atoms with Gasteiger partial charge in [-0.1, -0.05) is 24.1 Å². The van der Waals surface area contributed by atoms with Crippen LogP contribution in [0.5, 0.6) is 0 Å². The molecule has 0 radical (unpaired) electrons. The molecule has 2 aromatic rings. The van der Waals surface area contributed by atoms with E-state index in [9.17, 15) is 17.6 Å². The van der Waals surface area contributed by atoms with Crippen LogP contribution in [0.15, 0.2) is 42.5 Å². The molecule has 0 N–H and O–H groups in total. The third-order valence-corrected chi connectivity index (χ3v) is 2.64. The molecule has 0 nitrogen and oxygen atoms in total. The van der Waals surface area contributed by atoms with E-state index in [0.717, 1.165) is 6.07 Å². The molecule has 0 fully saturated rings. The van der Waals surface area contributed by atoms with Crippen molar-refractivity contribution in [1.82, 2.24) is 0 Å². The zero-order valence-corrected chi connectivity index (χ0v) is 9.63. The Hall–Kier alpha value is -2.28. The maximum absolute atomic E-state index is 13.1. The quantitative estimate of drug-likeness (QED) is 0.525. The molecule has 4 heteroatoms. The largest absolute Gasteiger partial charge is 0.417 e. The van der Waals surface area contributed by atoms with Crippen molar-refractivity contribution in [2.45, 2.75) is 6.18 Å². The van der Waals surface area contributed by atoms with Gasteiger partial charge in [0.1, 0.15) is 5.82 Å². The van der Waals surface area contributed by atoms with Crippen LogP contribution >= 0.6 is 0 Å². The van der Waals surface area contributed by atoms with E-state index in [1.54, 1.807) is 0 Å². The first-order valence-electron chi connectivity index (χ1n) is 5.35. The normalized spacial score (nSPS) is 11.1. The average Bonchev–Trinajstić information content (AvgIpc) is 2.37. The van der Waals surface area contributed by atoms with Crippen LogP contribution in [-0.4, -0.2) is 0 Å². The molecule has 0 unspecified atom stereocenters. The molecule has 0 aromatic heterocycles. The van der Waals surface area contributed by atoms with E-state index < -0.39 is 17.6 Å². The lowest BCUT2D eigenvalue weighted by molar-refractivity contribution is -0.137. The summed E-state index contributed by atoms with van der Waals surface area (Å²) in [7, 11) is 0. The molecule has 0 bridgehead atoms. The van der Waals surface area contributed by atoms with Crippen LogP contribution in [0, 0.1) is 18.2 Å². The fraction of sp³-hybridized carbons (Fsp3) is 0.0667. The van der Waals surface area contributed by atoms with E-state index in [0.29, 0.717) is 5.56 Å². The van der Waals surface area contributed by atoms with Crippen LogP contribution in [0.4, 0.5) is 17.6 Å². The van der Waals surface area contributed by atoms with Crippen LogP contribution in [0.25, 0.3) is 11.1 Å². The van der Waals surface area contributed by atoms with Gasteiger partial charge in [0.05, 0.1) is 5.56 Å². The fourth-order valence-electron chi connectivity index (χ4n) is 1.75. The van der Waals surface area contributed by atoms with Gasteiger partial charge in [-0.25, -0.2) is 4.39 Å².